The lowest BCUT2D eigenvalue weighted by molar-refractivity contribution is -0.122. The largest absolute Gasteiger partial charge is 0.326 e. The molecule has 0 spiro atoms. The second-order valence-electron chi connectivity index (χ2n) is 8.07. The van der Waals surface area contributed by atoms with Crippen LogP contribution in [0.15, 0.2) is 53.4 Å². The maximum absolute atomic E-state index is 12.8. The van der Waals surface area contributed by atoms with Gasteiger partial charge in [0.15, 0.2) is 0 Å². The van der Waals surface area contributed by atoms with Crippen LogP contribution >= 0.6 is 0 Å². The van der Waals surface area contributed by atoms with Gasteiger partial charge in [0.25, 0.3) is 0 Å². The first kappa shape index (κ1) is 23.0. The molecule has 1 aliphatic rings. The normalized spacial score (nSPS) is 17.8. The average Bonchev–Trinajstić information content (AvgIpc) is 3.15. The predicted molar refractivity (Wildman–Crippen MR) is 122 cm³/mol. The van der Waals surface area contributed by atoms with Crippen LogP contribution in [0.1, 0.15) is 38.2 Å². The molecule has 7 nitrogen and oxygen atoms in total. The number of sulfonamides is 1. The lowest BCUT2D eigenvalue weighted by Crippen LogP contribution is -2.29. The molecule has 2 aromatic rings. The van der Waals surface area contributed by atoms with E-state index in [0.717, 1.165) is 22.0 Å². The molecule has 166 valence electrons. The van der Waals surface area contributed by atoms with Gasteiger partial charge in [-0.05, 0) is 48.2 Å². The fourth-order valence-corrected chi connectivity index (χ4v) is 4.55. The van der Waals surface area contributed by atoms with E-state index in [0.29, 0.717) is 18.2 Å². The fraction of sp³-hybridized carbons (Fsp3) is 0.391. The summed E-state index contributed by atoms with van der Waals surface area (Å²) in [5.74, 6) is -0.472. The summed E-state index contributed by atoms with van der Waals surface area (Å²) < 4.78 is 25.5. The number of hydrogen-bond donors (Lipinski definition) is 1. The fourth-order valence-electron chi connectivity index (χ4n) is 3.65. The lowest BCUT2D eigenvalue weighted by atomic mass is 9.96. The number of benzene rings is 2. The molecule has 1 fully saturated rings. The van der Waals surface area contributed by atoms with Gasteiger partial charge in [-0.2, -0.15) is 0 Å². The number of anilines is 2. The zero-order valence-corrected chi connectivity index (χ0v) is 19.1. The Morgan fingerprint density at radius 3 is 2.42 bits per heavy atom. The number of carbonyl (C=O) groups excluding carboxylic acids is 2. The van der Waals surface area contributed by atoms with E-state index in [4.69, 9.17) is 0 Å². The summed E-state index contributed by atoms with van der Waals surface area (Å²) in [6, 6.07) is 13.9. The highest BCUT2D eigenvalue weighted by molar-refractivity contribution is 7.89. The molecule has 0 radical (unpaired) electrons. The zero-order valence-electron chi connectivity index (χ0n) is 18.3. The van der Waals surface area contributed by atoms with Gasteiger partial charge < -0.3 is 10.2 Å². The van der Waals surface area contributed by atoms with Crippen molar-refractivity contribution in [3.8, 4) is 0 Å². The van der Waals surface area contributed by atoms with Crippen LogP contribution in [0, 0.1) is 5.92 Å². The monoisotopic (exact) mass is 443 g/mol. The summed E-state index contributed by atoms with van der Waals surface area (Å²) >= 11 is 0. The molecule has 31 heavy (non-hydrogen) atoms. The molecule has 0 bridgehead atoms. The Hall–Kier alpha value is -2.71. The lowest BCUT2D eigenvalue weighted by Gasteiger charge is -2.23. The maximum atomic E-state index is 12.8. The van der Waals surface area contributed by atoms with Gasteiger partial charge in [-0.25, -0.2) is 12.7 Å². The molecule has 0 saturated carbocycles. The zero-order chi connectivity index (χ0) is 22.8. The summed E-state index contributed by atoms with van der Waals surface area (Å²) in [4.78, 5) is 27.3. The molecule has 1 aliphatic heterocycles. The molecular weight excluding hydrogens is 414 g/mol. The number of nitrogens with zero attached hydrogens (tertiary/aromatic N) is 2. The number of carbonyl (C=O) groups is 2. The minimum absolute atomic E-state index is 0.0664. The molecule has 1 saturated heterocycles. The Morgan fingerprint density at radius 1 is 1.16 bits per heavy atom. The van der Waals surface area contributed by atoms with Crippen molar-refractivity contribution in [2.75, 3.05) is 30.9 Å². The van der Waals surface area contributed by atoms with E-state index in [1.165, 1.54) is 26.2 Å². The standard InChI is InChI=1S/C23H29N3O4S/c1-5-16(2)20-8-6-7-9-21(20)26-15-17(14-22(26)27)23(28)24-18-10-12-19(13-11-18)31(29,30)25(3)4/h6-13,16-17H,5,14-15H2,1-4H3,(H,24,28). The van der Waals surface area contributed by atoms with Crippen LogP contribution in [0.4, 0.5) is 11.4 Å². The molecule has 1 N–H and O–H groups in total. The van der Waals surface area contributed by atoms with Crippen molar-refractivity contribution >= 4 is 33.2 Å². The number of nitrogens with one attached hydrogen (secondary N) is 1. The minimum atomic E-state index is -3.53. The van der Waals surface area contributed by atoms with Gasteiger partial charge >= 0.3 is 0 Å². The van der Waals surface area contributed by atoms with E-state index in [1.807, 2.05) is 24.3 Å². The van der Waals surface area contributed by atoms with Crippen LogP contribution in [0.3, 0.4) is 0 Å². The topological polar surface area (TPSA) is 86.8 Å². The Bertz CT molecular complexity index is 1060. The van der Waals surface area contributed by atoms with Crippen LogP contribution in [0.25, 0.3) is 0 Å². The molecule has 2 amide bonds. The van der Waals surface area contributed by atoms with Crippen molar-refractivity contribution in [1.82, 2.24) is 4.31 Å². The molecule has 1 heterocycles. The van der Waals surface area contributed by atoms with E-state index in [-0.39, 0.29) is 23.1 Å². The SMILES string of the molecule is CCC(C)c1ccccc1N1CC(C(=O)Nc2ccc(S(=O)(=O)N(C)C)cc2)CC1=O. The van der Waals surface area contributed by atoms with Crippen molar-refractivity contribution < 1.29 is 18.0 Å². The highest BCUT2D eigenvalue weighted by Crippen LogP contribution is 2.33. The summed E-state index contributed by atoms with van der Waals surface area (Å²) in [5, 5.41) is 2.81. The summed E-state index contributed by atoms with van der Waals surface area (Å²) in [6.07, 6.45) is 1.11. The van der Waals surface area contributed by atoms with Gasteiger partial charge in [-0.15, -0.1) is 0 Å². The Kier molecular flexibility index (Phi) is 6.81. The third-order valence-electron chi connectivity index (χ3n) is 5.77. The molecule has 8 heteroatoms. The van der Waals surface area contributed by atoms with Crippen LogP contribution < -0.4 is 10.2 Å². The first-order chi connectivity index (χ1) is 14.6. The summed E-state index contributed by atoms with van der Waals surface area (Å²) in [7, 11) is -0.596. The van der Waals surface area contributed by atoms with Crippen molar-refractivity contribution in [3.63, 3.8) is 0 Å². The number of hydrogen-bond acceptors (Lipinski definition) is 4. The Labute approximate surface area is 184 Å². The van der Waals surface area contributed by atoms with E-state index in [2.05, 4.69) is 19.2 Å². The maximum Gasteiger partial charge on any atom is 0.242 e. The van der Waals surface area contributed by atoms with Gasteiger partial charge in [-0.3, -0.25) is 9.59 Å². The molecule has 2 unspecified atom stereocenters. The van der Waals surface area contributed by atoms with Crippen LogP contribution in [0.5, 0.6) is 0 Å². The van der Waals surface area contributed by atoms with Crippen LogP contribution in [-0.2, 0) is 19.6 Å². The molecule has 3 rings (SSSR count). The Morgan fingerprint density at radius 2 is 1.81 bits per heavy atom. The van der Waals surface area contributed by atoms with Gasteiger partial charge in [0.2, 0.25) is 21.8 Å². The van der Waals surface area contributed by atoms with E-state index in [1.54, 1.807) is 17.0 Å². The van der Waals surface area contributed by atoms with E-state index >= 15 is 0 Å². The van der Waals surface area contributed by atoms with E-state index in [9.17, 15) is 18.0 Å². The van der Waals surface area contributed by atoms with E-state index < -0.39 is 15.9 Å². The molecule has 0 aliphatic carbocycles. The minimum Gasteiger partial charge on any atom is -0.326 e. The molecule has 0 aromatic heterocycles. The number of rotatable bonds is 7. The predicted octanol–water partition coefficient (Wildman–Crippen LogP) is 3.44. The summed E-state index contributed by atoms with van der Waals surface area (Å²) in [5.41, 5.74) is 2.47. The molecule has 2 aromatic carbocycles. The van der Waals surface area contributed by atoms with Gasteiger partial charge in [0.1, 0.15) is 0 Å². The number of para-hydroxylation sites is 1. The highest BCUT2D eigenvalue weighted by atomic mass is 32.2. The average molecular weight is 444 g/mol. The second kappa shape index (κ2) is 9.20. The van der Waals surface area contributed by atoms with Gasteiger partial charge in [0.05, 0.1) is 10.8 Å². The van der Waals surface area contributed by atoms with Gasteiger partial charge in [0, 0.05) is 38.4 Å². The first-order valence-corrected chi connectivity index (χ1v) is 11.8. The molecule has 2 atom stereocenters. The van der Waals surface area contributed by atoms with Crippen molar-refractivity contribution in [2.24, 2.45) is 5.92 Å². The van der Waals surface area contributed by atoms with Crippen molar-refractivity contribution in [2.45, 2.75) is 37.5 Å². The second-order valence-corrected chi connectivity index (χ2v) is 10.2. The smallest absolute Gasteiger partial charge is 0.242 e. The first-order valence-electron chi connectivity index (χ1n) is 10.4. The number of amides is 2. The third-order valence-corrected chi connectivity index (χ3v) is 7.60. The summed E-state index contributed by atoms with van der Waals surface area (Å²) in [6.45, 7) is 4.56. The highest BCUT2D eigenvalue weighted by Gasteiger charge is 2.36. The van der Waals surface area contributed by atoms with Gasteiger partial charge in [-0.1, -0.05) is 32.0 Å². The third kappa shape index (κ3) is 4.80. The van der Waals surface area contributed by atoms with Crippen LogP contribution in [0.2, 0.25) is 0 Å². The molecular formula is C23H29N3O4S. The van der Waals surface area contributed by atoms with Crippen LogP contribution in [-0.4, -0.2) is 45.2 Å². The van der Waals surface area contributed by atoms with Crippen molar-refractivity contribution in [1.29, 1.82) is 0 Å². The Balaban J connectivity index is 1.72. The van der Waals surface area contributed by atoms with Crippen molar-refractivity contribution in [3.05, 3.63) is 54.1 Å². The quantitative estimate of drug-likeness (QED) is 0.710.